The van der Waals surface area contributed by atoms with Crippen LogP contribution in [0.25, 0.3) is 0 Å². The minimum absolute atomic E-state index is 0.287. The van der Waals surface area contributed by atoms with Crippen LogP contribution in [0.15, 0.2) is 40.2 Å². The van der Waals surface area contributed by atoms with Crippen LogP contribution in [0.4, 0.5) is 5.69 Å². The fourth-order valence-electron chi connectivity index (χ4n) is 1.46. The van der Waals surface area contributed by atoms with Gasteiger partial charge in [-0.3, -0.25) is 0 Å². The summed E-state index contributed by atoms with van der Waals surface area (Å²) in [7, 11) is 0. The first kappa shape index (κ1) is 12.0. The van der Waals surface area contributed by atoms with Crippen molar-refractivity contribution in [1.82, 2.24) is 0 Å². The van der Waals surface area contributed by atoms with Crippen LogP contribution in [0, 0.1) is 0 Å². The second-order valence-electron chi connectivity index (χ2n) is 3.48. The highest BCUT2D eigenvalue weighted by Crippen LogP contribution is 2.33. The van der Waals surface area contributed by atoms with Gasteiger partial charge in [-0.25, -0.2) is 0 Å². The van der Waals surface area contributed by atoms with Gasteiger partial charge in [0.25, 0.3) is 0 Å². The first-order chi connectivity index (χ1) is 7.68. The maximum atomic E-state index is 6.04. The lowest BCUT2D eigenvalue weighted by molar-refractivity contribution is 0.907. The molecule has 0 aliphatic rings. The summed E-state index contributed by atoms with van der Waals surface area (Å²) in [6, 6.07) is 10.3. The van der Waals surface area contributed by atoms with Crippen LogP contribution >= 0.6 is 38.9 Å². The Labute approximate surface area is 113 Å². The first-order valence-corrected chi connectivity index (χ1v) is 6.97. The second-order valence-corrected chi connectivity index (χ2v) is 5.66. The molecule has 1 unspecified atom stereocenters. The van der Waals surface area contributed by atoms with E-state index in [9.17, 15) is 0 Å². The van der Waals surface area contributed by atoms with E-state index in [1.165, 1.54) is 4.88 Å². The predicted octanol–water partition coefficient (Wildman–Crippen LogP) is 5.34. The smallest absolute Gasteiger partial charge is 0.0593 e. The molecule has 1 aromatic heterocycles. The third kappa shape index (κ3) is 2.59. The van der Waals surface area contributed by atoms with Gasteiger partial charge in [0.15, 0.2) is 0 Å². The van der Waals surface area contributed by atoms with E-state index in [1.54, 1.807) is 11.3 Å². The zero-order valence-corrected chi connectivity index (χ0v) is 11.9. The highest BCUT2D eigenvalue weighted by molar-refractivity contribution is 9.10. The number of nitrogens with one attached hydrogen (secondary N) is 1. The van der Waals surface area contributed by atoms with Gasteiger partial charge in [0.05, 0.1) is 21.2 Å². The molecule has 0 fully saturated rings. The van der Waals surface area contributed by atoms with Gasteiger partial charge in [-0.1, -0.05) is 23.7 Å². The van der Waals surface area contributed by atoms with Crippen LogP contribution < -0.4 is 5.32 Å². The van der Waals surface area contributed by atoms with E-state index in [1.807, 2.05) is 18.2 Å². The van der Waals surface area contributed by atoms with E-state index < -0.39 is 0 Å². The Kier molecular flexibility index (Phi) is 3.90. The molecule has 0 spiro atoms. The monoisotopic (exact) mass is 315 g/mol. The normalized spacial score (nSPS) is 12.4. The lowest BCUT2D eigenvalue weighted by Gasteiger charge is -2.15. The molecule has 0 saturated heterocycles. The highest BCUT2D eigenvalue weighted by Gasteiger charge is 2.09. The van der Waals surface area contributed by atoms with E-state index in [0.29, 0.717) is 0 Å². The molecule has 0 saturated carbocycles. The molecule has 0 aliphatic heterocycles. The molecular formula is C12H11BrClNS. The number of thiophene rings is 1. The third-order valence-corrected chi connectivity index (χ3v) is 4.75. The topological polar surface area (TPSA) is 12.0 Å². The largest absolute Gasteiger partial charge is 0.377 e. The average Bonchev–Trinajstić information content (AvgIpc) is 2.78. The zero-order chi connectivity index (χ0) is 11.5. The number of halogens is 2. The van der Waals surface area contributed by atoms with Crippen molar-refractivity contribution >= 4 is 44.6 Å². The Bertz CT molecular complexity index is 470. The summed E-state index contributed by atoms with van der Waals surface area (Å²) in [4.78, 5) is 1.31. The van der Waals surface area contributed by atoms with Gasteiger partial charge in [0, 0.05) is 4.88 Å². The molecule has 16 heavy (non-hydrogen) atoms. The van der Waals surface area contributed by atoms with Gasteiger partial charge in [-0.2, -0.15) is 0 Å². The lowest BCUT2D eigenvalue weighted by atomic mass is 10.2. The summed E-state index contributed by atoms with van der Waals surface area (Å²) in [5.74, 6) is 0. The van der Waals surface area contributed by atoms with E-state index >= 15 is 0 Å². The average molecular weight is 317 g/mol. The van der Waals surface area contributed by atoms with Crippen LogP contribution in [0.3, 0.4) is 0 Å². The molecule has 0 amide bonds. The van der Waals surface area contributed by atoms with Crippen molar-refractivity contribution in [3.05, 3.63) is 50.1 Å². The number of anilines is 1. The molecule has 1 nitrogen and oxygen atoms in total. The van der Waals surface area contributed by atoms with Crippen LogP contribution in [0.2, 0.25) is 5.02 Å². The van der Waals surface area contributed by atoms with Gasteiger partial charge in [-0.15, -0.1) is 11.3 Å². The van der Waals surface area contributed by atoms with Crippen LogP contribution in [-0.4, -0.2) is 0 Å². The molecular weight excluding hydrogens is 306 g/mol. The van der Waals surface area contributed by atoms with E-state index in [2.05, 4.69) is 45.7 Å². The maximum Gasteiger partial charge on any atom is 0.0593 e. The molecule has 2 rings (SSSR count). The molecule has 4 heteroatoms. The number of hydrogen-bond donors (Lipinski definition) is 1. The van der Waals surface area contributed by atoms with Gasteiger partial charge in [0.1, 0.15) is 0 Å². The minimum atomic E-state index is 0.287. The van der Waals surface area contributed by atoms with Crippen LogP contribution in [0.1, 0.15) is 17.8 Å². The molecule has 1 N–H and O–H groups in total. The fourth-order valence-corrected chi connectivity index (χ4v) is 2.75. The summed E-state index contributed by atoms with van der Waals surface area (Å²) in [5.41, 5.74) is 1.02. The molecule has 84 valence electrons. The van der Waals surface area contributed by atoms with Crippen LogP contribution in [0.5, 0.6) is 0 Å². The van der Waals surface area contributed by atoms with Crippen molar-refractivity contribution in [3.63, 3.8) is 0 Å². The molecule has 0 radical (unpaired) electrons. The van der Waals surface area contributed by atoms with Crippen LogP contribution in [-0.2, 0) is 0 Å². The summed E-state index contributed by atoms with van der Waals surface area (Å²) in [5, 5.41) is 6.24. The van der Waals surface area contributed by atoms with Crippen molar-refractivity contribution < 1.29 is 0 Å². The zero-order valence-electron chi connectivity index (χ0n) is 8.71. The van der Waals surface area contributed by atoms with Gasteiger partial charge < -0.3 is 5.32 Å². The van der Waals surface area contributed by atoms with E-state index in [4.69, 9.17) is 11.6 Å². The molecule has 1 aromatic carbocycles. The standard InChI is InChI=1S/C12H11BrClNS/c1-8(11-6-3-7-16-11)15-10-5-2-4-9(14)12(10)13/h2-8,15H,1H3. The van der Waals surface area contributed by atoms with Gasteiger partial charge in [-0.05, 0) is 46.4 Å². The fraction of sp³-hybridized carbons (Fsp3) is 0.167. The Hall–Kier alpha value is -0.510. The van der Waals surface area contributed by atoms with Gasteiger partial charge in [0.2, 0.25) is 0 Å². The molecule has 1 atom stereocenters. The molecule has 0 aliphatic carbocycles. The SMILES string of the molecule is CC(Nc1cccc(Cl)c1Br)c1cccs1. The molecule has 0 bridgehead atoms. The Morgan fingerprint density at radius 2 is 2.12 bits per heavy atom. The van der Waals surface area contributed by atoms with Crippen molar-refractivity contribution in [3.8, 4) is 0 Å². The first-order valence-electron chi connectivity index (χ1n) is 4.92. The Balaban J connectivity index is 2.18. The second kappa shape index (κ2) is 5.21. The third-order valence-electron chi connectivity index (χ3n) is 2.29. The van der Waals surface area contributed by atoms with Crippen molar-refractivity contribution in [2.45, 2.75) is 13.0 Å². The quantitative estimate of drug-likeness (QED) is 0.806. The summed E-state index contributed by atoms with van der Waals surface area (Å²) < 4.78 is 0.917. The van der Waals surface area contributed by atoms with Gasteiger partial charge >= 0.3 is 0 Å². The maximum absolute atomic E-state index is 6.04. The minimum Gasteiger partial charge on any atom is -0.377 e. The number of benzene rings is 1. The van der Waals surface area contributed by atoms with Crippen molar-refractivity contribution in [1.29, 1.82) is 0 Å². The molecule has 1 heterocycles. The number of rotatable bonds is 3. The van der Waals surface area contributed by atoms with E-state index in [-0.39, 0.29) is 6.04 Å². The summed E-state index contributed by atoms with van der Waals surface area (Å²) in [6.07, 6.45) is 0. The lowest BCUT2D eigenvalue weighted by Crippen LogP contribution is -2.05. The summed E-state index contributed by atoms with van der Waals surface area (Å²) >= 11 is 11.3. The van der Waals surface area contributed by atoms with Crippen molar-refractivity contribution in [2.75, 3.05) is 5.32 Å². The predicted molar refractivity (Wildman–Crippen MR) is 75.5 cm³/mol. The van der Waals surface area contributed by atoms with E-state index in [0.717, 1.165) is 15.2 Å². The summed E-state index contributed by atoms with van der Waals surface area (Å²) in [6.45, 7) is 2.14. The number of hydrogen-bond acceptors (Lipinski definition) is 2. The van der Waals surface area contributed by atoms with Crippen molar-refractivity contribution in [2.24, 2.45) is 0 Å². The highest BCUT2D eigenvalue weighted by atomic mass is 79.9. The Morgan fingerprint density at radius 1 is 1.31 bits per heavy atom. The molecule has 2 aromatic rings. The Morgan fingerprint density at radius 3 is 2.81 bits per heavy atom.